The Morgan fingerprint density at radius 3 is 2.52 bits per heavy atom. The highest BCUT2D eigenvalue weighted by atomic mass is 32.1. The summed E-state index contributed by atoms with van der Waals surface area (Å²) in [6, 6.07) is 1.48. The molecule has 3 rings (SSSR count). The van der Waals surface area contributed by atoms with E-state index in [1.807, 2.05) is 33.1 Å². The van der Waals surface area contributed by atoms with E-state index >= 15 is 0 Å². The van der Waals surface area contributed by atoms with Gasteiger partial charge in [0.05, 0.1) is 17.8 Å². The fraction of sp³-hybridized carbons (Fsp3) is 0.467. The molecule has 0 N–H and O–H groups in total. The van der Waals surface area contributed by atoms with Gasteiger partial charge in [0.1, 0.15) is 5.82 Å². The van der Waals surface area contributed by atoms with E-state index < -0.39 is 5.54 Å². The SMILES string of the molecule is Cc1nn(C(C)(C)C)c(=O)n1Cc1cc(=O)n2c(C)csc2n1. The Morgan fingerprint density at radius 2 is 1.91 bits per heavy atom. The summed E-state index contributed by atoms with van der Waals surface area (Å²) in [5.41, 5.74) is 0.713. The van der Waals surface area contributed by atoms with Crippen molar-refractivity contribution in [2.45, 2.75) is 46.7 Å². The molecule has 0 atom stereocenters. The number of rotatable bonds is 2. The van der Waals surface area contributed by atoms with Crippen molar-refractivity contribution in [1.82, 2.24) is 23.7 Å². The van der Waals surface area contributed by atoms with Crippen LogP contribution in [0.15, 0.2) is 21.0 Å². The summed E-state index contributed by atoms with van der Waals surface area (Å²) in [4.78, 5) is 29.9. The molecule has 3 aromatic rings. The summed E-state index contributed by atoms with van der Waals surface area (Å²) < 4.78 is 4.58. The second-order valence-electron chi connectivity index (χ2n) is 6.58. The zero-order valence-electron chi connectivity index (χ0n) is 13.8. The summed E-state index contributed by atoms with van der Waals surface area (Å²) in [6.45, 7) is 9.67. The molecular weight excluding hydrogens is 314 g/mol. The van der Waals surface area contributed by atoms with Crippen LogP contribution in [0.25, 0.3) is 4.96 Å². The average Bonchev–Trinajstić information content (AvgIpc) is 2.94. The second-order valence-corrected chi connectivity index (χ2v) is 7.42. The first-order valence-electron chi connectivity index (χ1n) is 7.32. The first-order chi connectivity index (χ1) is 10.7. The van der Waals surface area contributed by atoms with Crippen LogP contribution in [0.1, 0.15) is 38.0 Å². The minimum atomic E-state index is -0.394. The molecule has 0 amide bonds. The average molecular weight is 333 g/mol. The predicted molar refractivity (Wildman–Crippen MR) is 89.4 cm³/mol. The number of hydrogen-bond acceptors (Lipinski definition) is 5. The monoisotopic (exact) mass is 333 g/mol. The quantitative estimate of drug-likeness (QED) is 0.713. The first-order valence-corrected chi connectivity index (χ1v) is 8.20. The molecule has 3 heterocycles. The minimum absolute atomic E-state index is 0.127. The Hall–Kier alpha value is -2.22. The Bertz CT molecular complexity index is 1000. The van der Waals surface area contributed by atoms with Crippen molar-refractivity contribution in [3.05, 3.63) is 49.5 Å². The molecule has 122 valence electrons. The topological polar surface area (TPSA) is 74.2 Å². The number of aryl methyl sites for hydroxylation is 2. The zero-order chi connectivity index (χ0) is 16.9. The third kappa shape index (κ3) is 2.63. The third-order valence-corrected chi connectivity index (χ3v) is 4.58. The molecule has 7 nitrogen and oxygen atoms in total. The van der Waals surface area contributed by atoms with Crippen molar-refractivity contribution in [2.24, 2.45) is 0 Å². The van der Waals surface area contributed by atoms with E-state index in [1.165, 1.54) is 22.1 Å². The maximum atomic E-state index is 12.5. The molecule has 0 aromatic carbocycles. The maximum absolute atomic E-state index is 12.5. The normalized spacial score (nSPS) is 12.2. The highest BCUT2D eigenvalue weighted by Gasteiger charge is 2.21. The van der Waals surface area contributed by atoms with E-state index in [1.54, 1.807) is 15.9 Å². The van der Waals surface area contributed by atoms with Gasteiger partial charge in [-0.15, -0.1) is 11.3 Å². The lowest BCUT2D eigenvalue weighted by Gasteiger charge is -2.16. The smallest absolute Gasteiger partial charge is 0.273 e. The molecule has 3 aromatic heterocycles. The van der Waals surface area contributed by atoms with Gasteiger partial charge in [0, 0.05) is 17.1 Å². The highest BCUT2D eigenvalue weighted by molar-refractivity contribution is 7.15. The Morgan fingerprint density at radius 1 is 1.22 bits per heavy atom. The number of thiazole rings is 1. The van der Waals surface area contributed by atoms with Crippen molar-refractivity contribution < 1.29 is 0 Å². The first kappa shape index (κ1) is 15.7. The molecule has 0 aliphatic rings. The lowest BCUT2D eigenvalue weighted by molar-refractivity contribution is 0.340. The fourth-order valence-corrected chi connectivity index (χ4v) is 3.35. The molecule has 0 aliphatic heterocycles. The van der Waals surface area contributed by atoms with Crippen LogP contribution in [0, 0.1) is 13.8 Å². The fourth-order valence-electron chi connectivity index (χ4n) is 2.46. The second kappa shape index (κ2) is 5.16. The Labute approximate surface area is 136 Å². The van der Waals surface area contributed by atoms with Gasteiger partial charge in [0.15, 0.2) is 4.96 Å². The van der Waals surface area contributed by atoms with E-state index in [2.05, 4.69) is 10.1 Å². The molecule has 0 spiro atoms. The van der Waals surface area contributed by atoms with Gasteiger partial charge < -0.3 is 0 Å². The summed E-state index contributed by atoms with van der Waals surface area (Å²) in [6.07, 6.45) is 0. The predicted octanol–water partition coefficient (Wildman–Crippen LogP) is 1.53. The molecular formula is C15H19N5O2S. The van der Waals surface area contributed by atoms with Gasteiger partial charge in [-0.25, -0.2) is 14.5 Å². The number of nitrogens with zero attached hydrogens (tertiary/aromatic N) is 5. The Balaban J connectivity index is 2.08. The molecule has 0 saturated carbocycles. The van der Waals surface area contributed by atoms with Gasteiger partial charge in [-0.2, -0.15) is 5.10 Å². The van der Waals surface area contributed by atoms with Crippen molar-refractivity contribution in [3.8, 4) is 0 Å². The summed E-state index contributed by atoms with van der Waals surface area (Å²) in [5, 5.41) is 6.22. The van der Waals surface area contributed by atoms with Crippen molar-refractivity contribution in [1.29, 1.82) is 0 Å². The van der Waals surface area contributed by atoms with Crippen LogP contribution < -0.4 is 11.2 Å². The number of fused-ring (bicyclic) bond motifs is 1. The summed E-state index contributed by atoms with van der Waals surface area (Å²) in [7, 11) is 0. The van der Waals surface area contributed by atoms with Gasteiger partial charge in [-0.05, 0) is 34.6 Å². The van der Waals surface area contributed by atoms with E-state index in [4.69, 9.17) is 0 Å². The lowest BCUT2D eigenvalue weighted by Crippen LogP contribution is -2.36. The van der Waals surface area contributed by atoms with Crippen LogP contribution in [-0.2, 0) is 12.1 Å². The lowest BCUT2D eigenvalue weighted by atomic mass is 10.1. The summed E-state index contributed by atoms with van der Waals surface area (Å²) >= 11 is 1.41. The van der Waals surface area contributed by atoms with Gasteiger partial charge >= 0.3 is 5.69 Å². The van der Waals surface area contributed by atoms with Gasteiger partial charge in [-0.1, -0.05) is 0 Å². The molecule has 0 bridgehead atoms. The third-order valence-electron chi connectivity index (χ3n) is 3.63. The van der Waals surface area contributed by atoms with Gasteiger partial charge in [-0.3, -0.25) is 13.8 Å². The molecule has 8 heteroatoms. The molecule has 0 fully saturated rings. The largest absolute Gasteiger partial charge is 0.346 e. The van der Waals surface area contributed by atoms with Crippen LogP contribution in [0.2, 0.25) is 0 Å². The van der Waals surface area contributed by atoms with Gasteiger partial charge in [0.25, 0.3) is 5.56 Å². The van der Waals surface area contributed by atoms with Crippen LogP contribution >= 0.6 is 11.3 Å². The van der Waals surface area contributed by atoms with Crippen LogP contribution in [-0.4, -0.2) is 23.7 Å². The van der Waals surface area contributed by atoms with E-state index in [0.29, 0.717) is 16.5 Å². The van der Waals surface area contributed by atoms with E-state index in [9.17, 15) is 9.59 Å². The number of hydrogen-bond donors (Lipinski definition) is 0. The van der Waals surface area contributed by atoms with Crippen molar-refractivity contribution >= 4 is 16.3 Å². The van der Waals surface area contributed by atoms with Crippen molar-refractivity contribution in [2.75, 3.05) is 0 Å². The van der Waals surface area contributed by atoms with Crippen LogP contribution in [0.4, 0.5) is 0 Å². The van der Waals surface area contributed by atoms with Crippen molar-refractivity contribution in [3.63, 3.8) is 0 Å². The van der Waals surface area contributed by atoms with E-state index in [0.717, 1.165) is 5.69 Å². The number of aromatic nitrogens is 5. The maximum Gasteiger partial charge on any atom is 0.346 e. The molecule has 0 radical (unpaired) electrons. The molecule has 23 heavy (non-hydrogen) atoms. The zero-order valence-corrected chi connectivity index (χ0v) is 14.6. The molecule has 0 unspecified atom stereocenters. The summed E-state index contributed by atoms with van der Waals surface area (Å²) in [5.74, 6) is 0.606. The van der Waals surface area contributed by atoms with Crippen LogP contribution in [0.3, 0.4) is 0 Å². The Kier molecular flexibility index (Phi) is 3.51. The standard InChI is InChI=1S/C15H19N5O2S/c1-9-8-23-13-16-11(6-12(21)19(9)13)7-18-10(2)17-20(14(18)22)15(3,4)5/h6,8H,7H2,1-5H3. The van der Waals surface area contributed by atoms with E-state index in [-0.39, 0.29) is 17.8 Å². The highest BCUT2D eigenvalue weighted by Crippen LogP contribution is 2.13. The van der Waals surface area contributed by atoms with Crippen LogP contribution in [0.5, 0.6) is 0 Å². The molecule has 0 saturated heterocycles. The van der Waals surface area contributed by atoms with Gasteiger partial charge in [0.2, 0.25) is 0 Å². The molecule has 0 aliphatic carbocycles. The minimum Gasteiger partial charge on any atom is -0.273 e.